The molecular weight excluding hydrogens is 460 g/mol. The molecule has 162 valence electrons. The number of anilines is 1. The minimum absolute atomic E-state index is 0.0602. The fourth-order valence-electron chi connectivity index (χ4n) is 3.62. The third kappa shape index (κ3) is 3.28. The van der Waals surface area contributed by atoms with E-state index in [-0.39, 0.29) is 9.90 Å². The summed E-state index contributed by atoms with van der Waals surface area (Å²) in [4.78, 5) is 13.8. The molecule has 1 unspecified atom stereocenters. The van der Waals surface area contributed by atoms with Gasteiger partial charge in [-0.3, -0.25) is 4.79 Å². The van der Waals surface area contributed by atoms with Crippen molar-refractivity contribution in [3.63, 3.8) is 0 Å². The zero-order valence-electron chi connectivity index (χ0n) is 16.7. The van der Waals surface area contributed by atoms with E-state index < -0.39 is 21.5 Å². The highest BCUT2D eigenvalue weighted by atomic mass is 35.5. The van der Waals surface area contributed by atoms with E-state index in [2.05, 4.69) is 0 Å². The van der Waals surface area contributed by atoms with Crippen LogP contribution in [0, 0.1) is 0 Å². The Morgan fingerprint density at radius 3 is 2.52 bits per heavy atom. The fraction of sp³-hybridized carbons (Fsp3) is 0.190. The maximum Gasteiger partial charge on any atom is 0.280 e. The molecule has 1 aliphatic rings. The third-order valence-corrected chi connectivity index (χ3v) is 8.42. The highest BCUT2D eigenvalue weighted by Crippen LogP contribution is 2.49. The topological polar surface area (TPSA) is 98.9 Å². The first-order chi connectivity index (χ1) is 14.7. The standard InChI is InChI=1S/C21H19ClN2O5S2/c1-3-29-17-7-5-4-6-14(17)21(23)15-12-13(28-2)8-9-16(15)24(20(21)25)31(26,27)19-11-10-18(22)30-19/h4-12H,3,23H2,1-2H3. The number of methoxy groups -OCH3 is 1. The lowest BCUT2D eigenvalue weighted by Crippen LogP contribution is -2.49. The number of amides is 1. The molecule has 0 aliphatic carbocycles. The summed E-state index contributed by atoms with van der Waals surface area (Å²) in [6, 6.07) is 14.3. The summed E-state index contributed by atoms with van der Waals surface area (Å²) in [6.07, 6.45) is 0. The average molecular weight is 479 g/mol. The van der Waals surface area contributed by atoms with Crippen molar-refractivity contribution in [1.29, 1.82) is 0 Å². The van der Waals surface area contributed by atoms with Crippen LogP contribution in [0.5, 0.6) is 11.5 Å². The maximum absolute atomic E-state index is 13.8. The van der Waals surface area contributed by atoms with Crippen LogP contribution >= 0.6 is 22.9 Å². The second-order valence-corrected chi connectivity index (χ2v) is 10.5. The molecule has 0 fully saturated rings. The molecule has 1 amide bonds. The summed E-state index contributed by atoms with van der Waals surface area (Å²) in [7, 11) is -2.77. The third-order valence-electron chi connectivity index (χ3n) is 5.02. The molecule has 3 aromatic rings. The Labute approximate surface area is 189 Å². The number of ether oxygens (including phenoxy) is 2. The van der Waals surface area contributed by atoms with Gasteiger partial charge >= 0.3 is 0 Å². The number of hydrogen-bond acceptors (Lipinski definition) is 7. The molecule has 2 aromatic carbocycles. The molecule has 0 saturated carbocycles. The Bertz CT molecular complexity index is 1270. The van der Waals surface area contributed by atoms with Gasteiger partial charge in [0.15, 0.2) is 5.54 Å². The fourth-order valence-corrected chi connectivity index (χ4v) is 6.65. The summed E-state index contributed by atoms with van der Waals surface area (Å²) in [5, 5.41) is 0. The van der Waals surface area contributed by atoms with Crippen molar-refractivity contribution in [1.82, 2.24) is 0 Å². The van der Waals surface area contributed by atoms with E-state index >= 15 is 0 Å². The van der Waals surface area contributed by atoms with Gasteiger partial charge in [0, 0.05) is 11.1 Å². The van der Waals surface area contributed by atoms with Gasteiger partial charge in [-0.25, -0.2) is 0 Å². The molecule has 2 N–H and O–H groups in total. The number of nitrogens with two attached hydrogens (primary N) is 1. The minimum atomic E-state index is -4.25. The lowest BCUT2D eigenvalue weighted by molar-refractivity contribution is -0.120. The number of thiophene rings is 1. The van der Waals surface area contributed by atoms with Crippen LogP contribution in [0.4, 0.5) is 5.69 Å². The average Bonchev–Trinajstić information content (AvgIpc) is 3.29. The number of fused-ring (bicyclic) bond motifs is 1. The summed E-state index contributed by atoms with van der Waals surface area (Å²) in [6.45, 7) is 2.16. The zero-order chi connectivity index (χ0) is 22.4. The van der Waals surface area contributed by atoms with Crippen LogP contribution in [0.15, 0.2) is 58.8 Å². The zero-order valence-corrected chi connectivity index (χ0v) is 19.1. The van der Waals surface area contributed by atoms with Gasteiger partial charge in [0.25, 0.3) is 15.9 Å². The molecule has 0 spiro atoms. The molecule has 4 rings (SSSR count). The SMILES string of the molecule is CCOc1ccccc1C1(N)C(=O)N(S(=O)(=O)c2ccc(Cl)s2)c2ccc(OC)cc21. The van der Waals surface area contributed by atoms with Crippen molar-refractivity contribution in [2.24, 2.45) is 5.73 Å². The number of carbonyl (C=O) groups is 1. The van der Waals surface area contributed by atoms with E-state index in [1.807, 2.05) is 6.92 Å². The number of benzene rings is 2. The van der Waals surface area contributed by atoms with E-state index in [0.29, 0.717) is 33.6 Å². The van der Waals surface area contributed by atoms with Crippen LogP contribution < -0.4 is 19.5 Å². The monoisotopic (exact) mass is 478 g/mol. The number of sulfonamides is 1. The molecular formula is C21H19ClN2O5S2. The van der Waals surface area contributed by atoms with Crippen molar-refractivity contribution in [3.05, 3.63) is 70.1 Å². The predicted octanol–water partition coefficient (Wildman–Crippen LogP) is 3.75. The number of para-hydroxylation sites is 1. The van der Waals surface area contributed by atoms with E-state index in [1.54, 1.807) is 36.4 Å². The predicted molar refractivity (Wildman–Crippen MR) is 120 cm³/mol. The van der Waals surface area contributed by atoms with Crippen LogP contribution in [-0.4, -0.2) is 28.0 Å². The van der Waals surface area contributed by atoms with E-state index in [4.69, 9.17) is 26.8 Å². The molecule has 1 aromatic heterocycles. The first kappa shape index (κ1) is 21.6. The molecule has 2 heterocycles. The summed E-state index contributed by atoms with van der Waals surface area (Å²) >= 11 is 6.82. The number of nitrogens with zero attached hydrogens (tertiary/aromatic N) is 1. The van der Waals surface area contributed by atoms with Gasteiger partial charge in [-0.2, -0.15) is 12.7 Å². The number of hydrogen-bond donors (Lipinski definition) is 1. The molecule has 0 bridgehead atoms. The molecule has 1 atom stereocenters. The first-order valence-corrected chi connectivity index (χ1v) is 11.9. The Hall–Kier alpha value is -2.59. The molecule has 1 aliphatic heterocycles. The van der Waals surface area contributed by atoms with Crippen molar-refractivity contribution in [2.45, 2.75) is 16.7 Å². The molecule has 10 heteroatoms. The summed E-state index contributed by atoms with van der Waals surface area (Å²) in [5.41, 5.74) is 5.76. The lowest BCUT2D eigenvalue weighted by Gasteiger charge is -2.26. The van der Waals surface area contributed by atoms with E-state index in [9.17, 15) is 13.2 Å². The number of carbonyl (C=O) groups excluding carboxylic acids is 1. The van der Waals surface area contributed by atoms with Crippen LogP contribution in [-0.2, 0) is 20.4 Å². The first-order valence-electron chi connectivity index (χ1n) is 9.30. The summed E-state index contributed by atoms with van der Waals surface area (Å²) in [5.74, 6) is 0.0224. The van der Waals surface area contributed by atoms with Gasteiger partial charge in [-0.05, 0) is 43.3 Å². The second-order valence-electron chi connectivity index (χ2n) is 6.75. The van der Waals surface area contributed by atoms with Crippen LogP contribution in [0.1, 0.15) is 18.1 Å². The Balaban J connectivity index is 1.99. The van der Waals surface area contributed by atoms with Crippen LogP contribution in [0.3, 0.4) is 0 Å². The normalized spacial score (nSPS) is 18.2. The smallest absolute Gasteiger partial charge is 0.280 e. The van der Waals surface area contributed by atoms with Gasteiger partial charge in [0.05, 0.1) is 23.7 Å². The van der Waals surface area contributed by atoms with Crippen molar-refractivity contribution in [2.75, 3.05) is 18.0 Å². The molecule has 0 radical (unpaired) electrons. The van der Waals surface area contributed by atoms with Crippen molar-refractivity contribution >= 4 is 44.6 Å². The second kappa shape index (κ2) is 7.83. The van der Waals surface area contributed by atoms with Gasteiger partial charge in [-0.1, -0.05) is 29.8 Å². The van der Waals surface area contributed by atoms with Crippen molar-refractivity contribution < 1.29 is 22.7 Å². The van der Waals surface area contributed by atoms with Gasteiger partial charge in [0.1, 0.15) is 15.7 Å². The number of halogens is 1. The van der Waals surface area contributed by atoms with Gasteiger partial charge < -0.3 is 15.2 Å². The van der Waals surface area contributed by atoms with E-state index in [0.717, 1.165) is 15.6 Å². The number of rotatable bonds is 6. The quantitative estimate of drug-likeness (QED) is 0.579. The van der Waals surface area contributed by atoms with Gasteiger partial charge in [0.2, 0.25) is 0 Å². The largest absolute Gasteiger partial charge is 0.497 e. The maximum atomic E-state index is 13.8. The van der Waals surface area contributed by atoms with E-state index in [1.165, 1.54) is 25.3 Å². The molecule has 0 saturated heterocycles. The minimum Gasteiger partial charge on any atom is -0.497 e. The molecule has 31 heavy (non-hydrogen) atoms. The van der Waals surface area contributed by atoms with Gasteiger partial charge in [-0.15, -0.1) is 11.3 Å². The van der Waals surface area contributed by atoms with Crippen LogP contribution in [0.25, 0.3) is 0 Å². The van der Waals surface area contributed by atoms with Crippen molar-refractivity contribution in [3.8, 4) is 11.5 Å². The Kier molecular flexibility index (Phi) is 5.47. The van der Waals surface area contributed by atoms with Crippen LogP contribution in [0.2, 0.25) is 4.34 Å². The Morgan fingerprint density at radius 1 is 1.13 bits per heavy atom. The molecule has 7 nitrogen and oxygen atoms in total. The Morgan fingerprint density at radius 2 is 1.87 bits per heavy atom. The highest BCUT2D eigenvalue weighted by Gasteiger charge is 2.55. The highest BCUT2D eigenvalue weighted by molar-refractivity contribution is 7.95. The lowest BCUT2D eigenvalue weighted by atomic mass is 9.84. The summed E-state index contributed by atoms with van der Waals surface area (Å²) < 4.78 is 38.9.